The van der Waals surface area contributed by atoms with E-state index in [0.29, 0.717) is 0 Å². The fourth-order valence-corrected chi connectivity index (χ4v) is 1.40. The molecule has 84 valence electrons. The van der Waals surface area contributed by atoms with Crippen LogP contribution in [0.5, 0.6) is 5.75 Å². The summed E-state index contributed by atoms with van der Waals surface area (Å²) in [4.78, 5) is 0. The largest absolute Gasteiger partial charge is 0.497 e. The van der Waals surface area contributed by atoms with E-state index in [2.05, 4.69) is 0 Å². The van der Waals surface area contributed by atoms with E-state index in [0.717, 1.165) is 18.6 Å². The molecule has 15 heavy (non-hydrogen) atoms. The van der Waals surface area contributed by atoms with Crippen molar-refractivity contribution in [3.8, 4) is 5.75 Å². The van der Waals surface area contributed by atoms with Crippen molar-refractivity contribution >= 4 is 0 Å². The summed E-state index contributed by atoms with van der Waals surface area (Å²) in [6.07, 6.45) is 1.68. The lowest BCUT2D eigenvalue weighted by Crippen LogP contribution is -2.16. The predicted molar refractivity (Wildman–Crippen MR) is 59.2 cm³/mol. The highest BCUT2D eigenvalue weighted by Crippen LogP contribution is 2.13. The SMILES string of the molecule is COc1ccc(CCC(CO)OC)cc1. The minimum atomic E-state index is -0.0629. The number of ether oxygens (including phenoxy) is 2. The molecule has 1 unspecified atom stereocenters. The van der Waals surface area contributed by atoms with Gasteiger partial charge in [0, 0.05) is 7.11 Å². The van der Waals surface area contributed by atoms with Gasteiger partial charge < -0.3 is 14.6 Å². The van der Waals surface area contributed by atoms with Crippen molar-refractivity contribution < 1.29 is 14.6 Å². The van der Waals surface area contributed by atoms with E-state index < -0.39 is 0 Å². The number of rotatable bonds is 6. The van der Waals surface area contributed by atoms with E-state index in [-0.39, 0.29) is 12.7 Å². The predicted octanol–water partition coefficient (Wildman–Crippen LogP) is 1.64. The molecule has 0 spiro atoms. The summed E-state index contributed by atoms with van der Waals surface area (Å²) in [5, 5.41) is 8.94. The van der Waals surface area contributed by atoms with E-state index >= 15 is 0 Å². The molecule has 0 bridgehead atoms. The zero-order chi connectivity index (χ0) is 11.1. The zero-order valence-corrected chi connectivity index (χ0v) is 9.27. The van der Waals surface area contributed by atoms with Crippen LogP contribution in [0, 0.1) is 0 Å². The average Bonchev–Trinajstić information content (AvgIpc) is 2.31. The van der Waals surface area contributed by atoms with Crippen molar-refractivity contribution in [2.75, 3.05) is 20.8 Å². The van der Waals surface area contributed by atoms with Gasteiger partial charge in [-0.25, -0.2) is 0 Å². The average molecular weight is 210 g/mol. The molecular formula is C12H18O3. The fraction of sp³-hybridized carbons (Fsp3) is 0.500. The Bertz CT molecular complexity index is 265. The monoisotopic (exact) mass is 210 g/mol. The van der Waals surface area contributed by atoms with Gasteiger partial charge in [-0.05, 0) is 30.5 Å². The zero-order valence-electron chi connectivity index (χ0n) is 9.27. The lowest BCUT2D eigenvalue weighted by atomic mass is 10.1. The molecule has 1 atom stereocenters. The Labute approximate surface area is 90.6 Å². The quantitative estimate of drug-likeness (QED) is 0.775. The molecule has 1 aromatic carbocycles. The molecular weight excluding hydrogens is 192 g/mol. The topological polar surface area (TPSA) is 38.7 Å². The van der Waals surface area contributed by atoms with Crippen LogP contribution >= 0.6 is 0 Å². The number of hydrogen-bond donors (Lipinski definition) is 1. The maximum atomic E-state index is 8.94. The van der Waals surface area contributed by atoms with Crippen LogP contribution in [0.4, 0.5) is 0 Å². The van der Waals surface area contributed by atoms with Gasteiger partial charge in [-0.2, -0.15) is 0 Å². The van der Waals surface area contributed by atoms with Crippen LogP contribution in [0.15, 0.2) is 24.3 Å². The van der Waals surface area contributed by atoms with E-state index in [1.807, 2.05) is 24.3 Å². The third kappa shape index (κ3) is 3.90. The Kier molecular flexibility index (Phi) is 5.15. The van der Waals surface area contributed by atoms with Crippen molar-refractivity contribution in [2.24, 2.45) is 0 Å². The van der Waals surface area contributed by atoms with Gasteiger partial charge in [0.2, 0.25) is 0 Å². The fourth-order valence-electron chi connectivity index (χ4n) is 1.40. The van der Waals surface area contributed by atoms with E-state index in [1.165, 1.54) is 5.56 Å². The molecule has 0 aliphatic rings. The second-order valence-corrected chi connectivity index (χ2v) is 3.43. The summed E-state index contributed by atoms with van der Waals surface area (Å²) in [5.74, 6) is 0.865. The summed E-state index contributed by atoms with van der Waals surface area (Å²) in [5.41, 5.74) is 1.23. The highest BCUT2D eigenvalue weighted by atomic mass is 16.5. The van der Waals surface area contributed by atoms with Gasteiger partial charge in [0.1, 0.15) is 5.75 Å². The van der Waals surface area contributed by atoms with Crippen LogP contribution in [0.1, 0.15) is 12.0 Å². The molecule has 0 amide bonds. The summed E-state index contributed by atoms with van der Waals surface area (Å²) in [6.45, 7) is 0.0760. The number of methoxy groups -OCH3 is 2. The van der Waals surface area contributed by atoms with Gasteiger partial charge in [-0.3, -0.25) is 0 Å². The second kappa shape index (κ2) is 6.43. The number of aryl methyl sites for hydroxylation is 1. The summed E-state index contributed by atoms with van der Waals surface area (Å²) in [6, 6.07) is 7.94. The van der Waals surface area contributed by atoms with Crippen LogP contribution in [0.25, 0.3) is 0 Å². The molecule has 0 saturated heterocycles. The molecule has 1 aromatic rings. The van der Waals surface area contributed by atoms with Crippen LogP contribution in [0.3, 0.4) is 0 Å². The number of aliphatic hydroxyl groups excluding tert-OH is 1. The van der Waals surface area contributed by atoms with Crippen molar-refractivity contribution in [1.82, 2.24) is 0 Å². The van der Waals surface area contributed by atoms with Crippen LogP contribution in [-0.4, -0.2) is 32.0 Å². The van der Waals surface area contributed by atoms with Crippen molar-refractivity contribution in [1.29, 1.82) is 0 Å². The Balaban J connectivity index is 2.43. The number of hydrogen-bond acceptors (Lipinski definition) is 3. The molecule has 3 heteroatoms. The van der Waals surface area contributed by atoms with Crippen LogP contribution in [0.2, 0.25) is 0 Å². The molecule has 0 radical (unpaired) electrons. The minimum Gasteiger partial charge on any atom is -0.497 e. The van der Waals surface area contributed by atoms with Gasteiger partial charge in [-0.15, -0.1) is 0 Å². The molecule has 1 rings (SSSR count). The van der Waals surface area contributed by atoms with Crippen molar-refractivity contribution in [3.05, 3.63) is 29.8 Å². The Morgan fingerprint density at radius 3 is 2.33 bits per heavy atom. The van der Waals surface area contributed by atoms with Crippen LogP contribution in [-0.2, 0) is 11.2 Å². The smallest absolute Gasteiger partial charge is 0.118 e. The van der Waals surface area contributed by atoms with Gasteiger partial charge in [0.15, 0.2) is 0 Å². The van der Waals surface area contributed by atoms with Crippen molar-refractivity contribution in [3.63, 3.8) is 0 Å². The Hall–Kier alpha value is -1.06. The van der Waals surface area contributed by atoms with E-state index in [1.54, 1.807) is 14.2 Å². The first-order chi connectivity index (χ1) is 7.30. The maximum Gasteiger partial charge on any atom is 0.118 e. The summed E-state index contributed by atoms with van der Waals surface area (Å²) < 4.78 is 10.2. The molecule has 0 aliphatic heterocycles. The second-order valence-electron chi connectivity index (χ2n) is 3.43. The molecule has 3 nitrogen and oxygen atoms in total. The first-order valence-electron chi connectivity index (χ1n) is 5.06. The Morgan fingerprint density at radius 2 is 1.87 bits per heavy atom. The first kappa shape index (κ1) is 12.0. The van der Waals surface area contributed by atoms with Gasteiger partial charge >= 0.3 is 0 Å². The lowest BCUT2D eigenvalue weighted by Gasteiger charge is -2.11. The first-order valence-corrected chi connectivity index (χ1v) is 5.06. The lowest BCUT2D eigenvalue weighted by molar-refractivity contribution is 0.0435. The normalized spacial score (nSPS) is 12.5. The van der Waals surface area contributed by atoms with Gasteiger partial charge in [0.25, 0.3) is 0 Å². The summed E-state index contributed by atoms with van der Waals surface area (Å²) >= 11 is 0. The van der Waals surface area contributed by atoms with Gasteiger partial charge in [0.05, 0.1) is 19.8 Å². The summed E-state index contributed by atoms with van der Waals surface area (Å²) in [7, 11) is 3.27. The third-order valence-corrected chi connectivity index (χ3v) is 2.45. The van der Waals surface area contributed by atoms with E-state index in [4.69, 9.17) is 14.6 Å². The molecule has 0 fully saturated rings. The van der Waals surface area contributed by atoms with Gasteiger partial charge in [-0.1, -0.05) is 12.1 Å². The number of aliphatic hydroxyl groups is 1. The highest BCUT2D eigenvalue weighted by molar-refractivity contribution is 5.27. The maximum absolute atomic E-state index is 8.94. The molecule has 0 saturated carbocycles. The standard InChI is InChI=1S/C12H18O3/c1-14-11-6-3-10(4-7-11)5-8-12(9-13)15-2/h3-4,6-7,12-13H,5,8-9H2,1-2H3. The Morgan fingerprint density at radius 1 is 1.20 bits per heavy atom. The van der Waals surface area contributed by atoms with Crippen LogP contribution < -0.4 is 4.74 Å². The highest BCUT2D eigenvalue weighted by Gasteiger charge is 2.05. The molecule has 1 N–H and O–H groups in total. The number of benzene rings is 1. The molecule has 0 heterocycles. The van der Waals surface area contributed by atoms with Crippen molar-refractivity contribution in [2.45, 2.75) is 18.9 Å². The molecule has 0 aliphatic carbocycles. The third-order valence-electron chi connectivity index (χ3n) is 2.45. The molecule has 0 aromatic heterocycles. The minimum absolute atomic E-state index is 0.0629. The van der Waals surface area contributed by atoms with E-state index in [9.17, 15) is 0 Å².